The molecule has 0 bridgehead atoms. The van der Waals surface area contributed by atoms with Gasteiger partial charge in [0.15, 0.2) is 0 Å². The van der Waals surface area contributed by atoms with Crippen LogP contribution in [0.5, 0.6) is 0 Å². The van der Waals surface area contributed by atoms with Crippen molar-refractivity contribution < 1.29 is 14.3 Å². The number of rotatable bonds is 1. The molecule has 26 heavy (non-hydrogen) atoms. The Morgan fingerprint density at radius 1 is 1.19 bits per heavy atom. The molecule has 7 heteroatoms. The second-order valence-electron chi connectivity index (χ2n) is 7.88. The number of nitrogens with zero attached hydrogens (tertiary/aromatic N) is 2. The van der Waals surface area contributed by atoms with Gasteiger partial charge >= 0.3 is 12.1 Å². The van der Waals surface area contributed by atoms with E-state index >= 15 is 0 Å². The van der Waals surface area contributed by atoms with Gasteiger partial charge < -0.3 is 19.9 Å². The lowest BCUT2D eigenvalue weighted by atomic mass is 9.99. The van der Waals surface area contributed by atoms with Crippen LogP contribution < -0.4 is 5.32 Å². The summed E-state index contributed by atoms with van der Waals surface area (Å²) in [6.07, 6.45) is 1.40. The number of hydrogen-bond acceptors (Lipinski definition) is 3. The fraction of sp³-hybridized carbons (Fsp3) is 0.579. The molecule has 0 spiro atoms. The van der Waals surface area contributed by atoms with Gasteiger partial charge in [0.1, 0.15) is 5.60 Å². The Labute approximate surface area is 163 Å². The highest BCUT2D eigenvalue weighted by atomic mass is 79.9. The molecule has 1 N–H and O–H groups in total. The molecule has 2 aliphatic heterocycles. The summed E-state index contributed by atoms with van der Waals surface area (Å²) in [5.41, 5.74) is 1.55. The second-order valence-corrected chi connectivity index (χ2v) is 8.79. The summed E-state index contributed by atoms with van der Waals surface area (Å²) in [6.45, 7) is 8.23. The van der Waals surface area contributed by atoms with Gasteiger partial charge in [0.05, 0.1) is 6.04 Å². The zero-order valence-corrected chi connectivity index (χ0v) is 17.1. The number of urea groups is 1. The highest BCUT2D eigenvalue weighted by Gasteiger charge is 2.30. The molecule has 6 nitrogen and oxygen atoms in total. The first-order valence-corrected chi connectivity index (χ1v) is 9.84. The van der Waals surface area contributed by atoms with Crippen LogP contribution in [0.25, 0.3) is 0 Å². The van der Waals surface area contributed by atoms with Gasteiger partial charge in [0, 0.05) is 30.7 Å². The van der Waals surface area contributed by atoms with Crippen LogP contribution in [0.4, 0.5) is 9.59 Å². The SMILES string of the molecule is CC(C)(C)OC(=O)N1CCC(NC(=O)N2CCC2)c2ccc(Br)cc2C1. The van der Waals surface area contributed by atoms with E-state index in [-0.39, 0.29) is 18.2 Å². The minimum Gasteiger partial charge on any atom is -0.444 e. The van der Waals surface area contributed by atoms with Crippen LogP contribution in [0, 0.1) is 0 Å². The Balaban J connectivity index is 1.80. The minimum absolute atomic E-state index is 0.0270. The van der Waals surface area contributed by atoms with Crippen LogP contribution in [0.1, 0.15) is 50.8 Å². The molecule has 1 fully saturated rings. The van der Waals surface area contributed by atoms with Gasteiger partial charge in [0.2, 0.25) is 0 Å². The summed E-state index contributed by atoms with van der Waals surface area (Å²) in [5, 5.41) is 3.14. The Morgan fingerprint density at radius 3 is 2.54 bits per heavy atom. The van der Waals surface area contributed by atoms with Crippen molar-refractivity contribution >= 4 is 28.1 Å². The van der Waals surface area contributed by atoms with Crippen molar-refractivity contribution in [2.45, 2.75) is 51.8 Å². The third-order valence-corrected chi connectivity index (χ3v) is 5.12. The lowest BCUT2D eigenvalue weighted by molar-refractivity contribution is 0.0234. The fourth-order valence-corrected chi connectivity index (χ4v) is 3.58. The number of fused-ring (bicyclic) bond motifs is 1. The van der Waals surface area contributed by atoms with Gasteiger partial charge in [-0.15, -0.1) is 0 Å². The third-order valence-electron chi connectivity index (χ3n) is 4.62. The molecule has 1 unspecified atom stereocenters. The van der Waals surface area contributed by atoms with Crippen molar-refractivity contribution in [3.05, 3.63) is 33.8 Å². The first-order chi connectivity index (χ1) is 12.2. The summed E-state index contributed by atoms with van der Waals surface area (Å²) in [4.78, 5) is 28.5. The molecule has 0 saturated carbocycles. The van der Waals surface area contributed by atoms with E-state index in [9.17, 15) is 9.59 Å². The van der Waals surface area contributed by atoms with Gasteiger partial charge in [-0.1, -0.05) is 22.0 Å². The maximum absolute atomic E-state index is 12.6. The van der Waals surface area contributed by atoms with E-state index in [1.165, 1.54) is 0 Å². The van der Waals surface area contributed by atoms with Crippen LogP contribution in [0.15, 0.2) is 22.7 Å². The molecule has 142 valence electrons. The number of nitrogens with one attached hydrogen (secondary N) is 1. The number of carbonyl (C=O) groups is 2. The standard InChI is InChI=1S/C19H26BrN3O3/c1-19(2,3)26-18(25)23-10-7-16(21-17(24)22-8-4-9-22)15-6-5-14(20)11-13(15)12-23/h5-6,11,16H,4,7-10,12H2,1-3H3,(H,21,24). The summed E-state index contributed by atoms with van der Waals surface area (Å²) >= 11 is 3.51. The average molecular weight is 424 g/mol. The van der Waals surface area contributed by atoms with Crippen molar-refractivity contribution in [1.82, 2.24) is 15.1 Å². The molecule has 2 heterocycles. The number of hydrogen-bond donors (Lipinski definition) is 1. The zero-order chi connectivity index (χ0) is 18.9. The number of ether oxygens (including phenoxy) is 1. The number of likely N-dealkylation sites (tertiary alicyclic amines) is 1. The predicted molar refractivity (Wildman–Crippen MR) is 103 cm³/mol. The van der Waals surface area contributed by atoms with Crippen LogP contribution >= 0.6 is 15.9 Å². The molecule has 1 saturated heterocycles. The Morgan fingerprint density at radius 2 is 1.92 bits per heavy atom. The number of carbonyl (C=O) groups excluding carboxylic acids is 2. The highest BCUT2D eigenvalue weighted by molar-refractivity contribution is 9.10. The van der Waals surface area contributed by atoms with Crippen LogP contribution in [-0.2, 0) is 11.3 Å². The third kappa shape index (κ3) is 4.50. The lowest BCUT2D eigenvalue weighted by Crippen LogP contribution is -2.48. The summed E-state index contributed by atoms with van der Waals surface area (Å²) < 4.78 is 6.49. The normalized spacial score (nSPS) is 19.9. The van der Waals surface area contributed by atoms with E-state index in [0.29, 0.717) is 19.5 Å². The summed E-state index contributed by atoms with van der Waals surface area (Å²) in [6, 6.07) is 5.88. The molecule has 0 aromatic heterocycles. The van der Waals surface area contributed by atoms with Crippen molar-refractivity contribution in [1.29, 1.82) is 0 Å². The summed E-state index contributed by atoms with van der Waals surface area (Å²) in [7, 11) is 0. The van der Waals surface area contributed by atoms with Gasteiger partial charge in [-0.25, -0.2) is 9.59 Å². The van der Waals surface area contributed by atoms with E-state index in [1.807, 2.05) is 43.9 Å². The van der Waals surface area contributed by atoms with Crippen molar-refractivity contribution in [3.63, 3.8) is 0 Å². The Bertz CT molecular complexity index is 698. The molecule has 1 atom stereocenters. The Hall–Kier alpha value is -1.76. The topological polar surface area (TPSA) is 61.9 Å². The van der Waals surface area contributed by atoms with Crippen molar-refractivity contribution in [2.24, 2.45) is 0 Å². The number of amides is 3. The molecular formula is C19H26BrN3O3. The molecule has 0 aliphatic carbocycles. The van der Waals surface area contributed by atoms with E-state index in [2.05, 4.69) is 21.2 Å². The first-order valence-electron chi connectivity index (χ1n) is 9.04. The van der Waals surface area contributed by atoms with Crippen LogP contribution in [0.3, 0.4) is 0 Å². The number of halogens is 1. The molecule has 2 aliphatic rings. The average Bonchev–Trinajstić information content (AvgIpc) is 2.63. The van der Waals surface area contributed by atoms with Gasteiger partial charge in [-0.05, 0) is 56.9 Å². The van der Waals surface area contributed by atoms with E-state index in [1.54, 1.807) is 4.90 Å². The molecule has 1 aromatic rings. The van der Waals surface area contributed by atoms with E-state index in [4.69, 9.17) is 4.74 Å². The monoisotopic (exact) mass is 423 g/mol. The van der Waals surface area contributed by atoms with E-state index < -0.39 is 5.60 Å². The number of benzene rings is 1. The zero-order valence-electron chi connectivity index (χ0n) is 15.5. The quantitative estimate of drug-likeness (QED) is 0.740. The Kier molecular flexibility index (Phi) is 5.46. The fourth-order valence-electron chi connectivity index (χ4n) is 3.17. The predicted octanol–water partition coefficient (Wildman–Crippen LogP) is 4.05. The van der Waals surface area contributed by atoms with Crippen molar-refractivity contribution in [2.75, 3.05) is 19.6 Å². The molecule has 3 rings (SSSR count). The van der Waals surface area contributed by atoms with Crippen LogP contribution in [0.2, 0.25) is 0 Å². The van der Waals surface area contributed by atoms with Gasteiger partial charge in [-0.3, -0.25) is 0 Å². The minimum atomic E-state index is -0.533. The maximum Gasteiger partial charge on any atom is 0.410 e. The molecule has 1 aromatic carbocycles. The van der Waals surface area contributed by atoms with Crippen molar-refractivity contribution in [3.8, 4) is 0 Å². The first kappa shape index (κ1) is 19.0. The molecular weight excluding hydrogens is 398 g/mol. The van der Waals surface area contributed by atoms with Crippen LogP contribution in [-0.4, -0.2) is 47.2 Å². The molecule has 0 radical (unpaired) electrons. The van der Waals surface area contributed by atoms with Gasteiger partial charge in [0.25, 0.3) is 0 Å². The smallest absolute Gasteiger partial charge is 0.410 e. The van der Waals surface area contributed by atoms with Gasteiger partial charge in [-0.2, -0.15) is 0 Å². The summed E-state index contributed by atoms with van der Waals surface area (Å²) in [5.74, 6) is 0. The largest absolute Gasteiger partial charge is 0.444 e. The second kappa shape index (κ2) is 7.47. The molecule has 3 amide bonds. The van der Waals surface area contributed by atoms with E-state index in [0.717, 1.165) is 35.1 Å². The maximum atomic E-state index is 12.6. The lowest BCUT2D eigenvalue weighted by Gasteiger charge is -2.33. The highest BCUT2D eigenvalue weighted by Crippen LogP contribution is 2.30.